The molecule has 11 heteroatoms. The zero-order valence-electron chi connectivity index (χ0n) is 15.1. The molecule has 2 atom stereocenters. The van der Waals surface area contributed by atoms with Gasteiger partial charge in [0.2, 0.25) is 5.89 Å². The number of hydrogen-bond acceptors (Lipinski definition) is 10. The number of nitrogens with zero attached hydrogens (tertiary/aromatic N) is 5. The fraction of sp³-hybridized carbons (Fsp3) is 0.278. The van der Waals surface area contributed by atoms with Gasteiger partial charge in [0.1, 0.15) is 23.3 Å². The molecule has 10 nitrogen and oxygen atoms in total. The van der Waals surface area contributed by atoms with Gasteiger partial charge in [0.15, 0.2) is 16.6 Å². The van der Waals surface area contributed by atoms with E-state index in [9.17, 15) is 9.90 Å². The van der Waals surface area contributed by atoms with E-state index in [4.69, 9.17) is 15.0 Å². The number of phenolic OH excluding ortho intramolecular Hbond substituents is 1. The van der Waals surface area contributed by atoms with Crippen molar-refractivity contribution in [1.29, 1.82) is 0 Å². The number of fused-ring (bicyclic) bond motifs is 1. The molecule has 1 saturated heterocycles. The molecule has 1 unspecified atom stereocenters. The van der Waals surface area contributed by atoms with Crippen molar-refractivity contribution in [2.75, 3.05) is 12.3 Å². The van der Waals surface area contributed by atoms with E-state index in [0.717, 1.165) is 16.9 Å². The Hall–Kier alpha value is -3.31. The van der Waals surface area contributed by atoms with E-state index in [0.29, 0.717) is 40.2 Å². The molecule has 3 aromatic heterocycles. The summed E-state index contributed by atoms with van der Waals surface area (Å²) < 4.78 is 13.0. The third-order valence-corrected chi connectivity index (χ3v) is 5.68. The fourth-order valence-corrected chi connectivity index (χ4v) is 4.08. The first-order valence-electron chi connectivity index (χ1n) is 8.91. The number of phenols is 1. The molecule has 1 aliphatic rings. The van der Waals surface area contributed by atoms with Crippen molar-refractivity contribution in [3.05, 3.63) is 58.2 Å². The summed E-state index contributed by atoms with van der Waals surface area (Å²) >= 11 is 1.10. The van der Waals surface area contributed by atoms with E-state index in [1.807, 2.05) is 12.1 Å². The lowest BCUT2D eigenvalue weighted by atomic mass is 10.00. The molecule has 0 radical (unpaired) electrons. The van der Waals surface area contributed by atoms with E-state index in [1.54, 1.807) is 12.1 Å². The Labute approximate surface area is 167 Å². The van der Waals surface area contributed by atoms with Gasteiger partial charge < -0.3 is 20.1 Å². The maximum absolute atomic E-state index is 12.5. The predicted molar refractivity (Wildman–Crippen MR) is 104 cm³/mol. The Bertz CT molecular complexity index is 1230. The molecule has 4 heterocycles. The minimum absolute atomic E-state index is 0.00933. The fourth-order valence-electron chi connectivity index (χ4n) is 3.35. The molecular weight excluding hydrogens is 396 g/mol. The minimum atomic E-state index is -0.249. The van der Waals surface area contributed by atoms with Crippen LogP contribution in [0.3, 0.4) is 0 Å². The monoisotopic (exact) mass is 412 g/mol. The van der Waals surface area contributed by atoms with Crippen LogP contribution in [0.5, 0.6) is 5.75 Å². The number of nitrogen functional groups attached to an aromatic ring is 1. The quantitative estimate of drug-likeness (QED) is 0.513. The molecule has 3 N–H and O–H groups in total. The summed E-state index contributed by atoms with van der Waals surface area (Å²) in [6.45, 7) is 0.583. The highest BCUT2D eigenvalue weighted by atomic mass is 32.1. The molecule has 0 amide bonds. The van der Waals surface area contributed by atoms with Crippen molar-refractivity contribution in [3.8, 4) is 5.75 Å². The van der Waals surface area contributed by atoms with E-state index >= 15 is 0 Å². The largest absolute Gasteiger partial charge is 0.508 e. The molecular formula is C18H16N6O4S. The normalized spacial score (nSPS) is 19.2. The second-order valence-corrected chi connectivity index (χ2v) is 7.81. The molecule has 1 aromatic carbocycles. The maximum Gasteiger partial charge on any atom is 0.273 e. The van der Waals surface area contributed by atoms with Gasteiger partial charge >= 0.3 is 0 Å². The first-order chi connectivity index (χ1) is 14.1. The summed E-state index contributed by atoms with van der Waals surface area (Å²) in [7, 11) is 0. The van der Waals surface area contributed by atoms with Crippen LogP contribution in [-0.4, -0.2) is 36.4 Å². The summed E-state index contributed by atoms with van der Waals surface area (Å²) in [5.41, 5.74) is 6.73. The van der Waals surface area contributed by atoms with E-state index in [2.05, 4.69) is 20.1 Å². The molecule has 148 valence electrons. The number of thiazole rings is 1. The highest BCUT2D eigenvalue weighted by molar-refractivity contribution is 7.21. The van der Waals surface area contributed by atoms with Crippen LogP contribution in [0, 0.1) is 0 Å². The summed E-state index contributed by atoms with van der Waals surface area (Å²) in [6.07, 6.45) is 2.01. The van der Waals surface area contributed by atoms with Crippen molar-refractivity contribution in [2.45, 2.75) is 25.0 Å². The third kappa shape index (κ3) is 3.34. The van der Waals surface area contributed by atoms with Gasteiger partial charge in [-0.1, -0.05) is 28.6 Å². The molecule has 29 heavy (non-hydrogen) atoms. The molecule has 5 rings (SSSR count). The van der Waals surface area contributed by atoms with Crippen molar-refractivity contribution in [3.63, 3.8) is 0 Å². The van der Waals surface area contributed by atoms with Crippen molar-refractivity contribution in [1.82, 2.24) is 24.7 Å². The number of benzene rings is 1. The van der Waals surface area contributed by atoms with Crippen LogP contribution in [-0.2, 0) is 11.3 Å². The van der Waals surface area contributed by atoms with Crippen LogP contribution in [0.4, 0.5) is 5.13 Å². The molecule has 1 aliphatic heterocycles. The van der Waals surface area contributed by atoms with Crippen molar-refractivity contribution >= 4 is 26.8 Å². The molecule has 0 aliphatic carbocycles. The second-order valence-electron chi connectivity index (χ2n) is 6.77. The molecule has 4 aromatic rings. The lowest BCUT2D eigenvalue weighted by molar-refractivity contribution is 0.110. The first kappa shape index (κ1) is 17.8. The topological polar surface area (TPSA) is 142 Å². The second kappa shape index (κ2) is 6.94. The number of aromatic hydroxyl groups is 1. The summed E-state index contributed by atoms with van der Waals surface area (Å²) in [4.78, 5) is 25.1. The number of rotatable bonds is 4. The Morgan fingerprint density at radius 1 is 1.28 bits per heavy atom. The summed E-state index contributed by atoms with van der Waals surface area (Å²) in [5.74, 6) is 1.07. The van der Waals surface area contributed by atoms with Crippen LogP contribution < -0.4 is 11.3 Å². The Morgan fingerprint density at radius 3 is 2.93 bits per heavy atom. The number of hydrogen-bond donors (Lipinski definition) is 2. The van der Waals surface area contributed by atoms with Crippen LogP contribution in [0.2, 0.25) is 0 Å². The van der Waals surface area contributed by atoms with E-state index in [-0.39, 0.29) is 29.9 Å². The Kier molecular flexibility index (Phi) is 4.25. The summed E-state index contributed by atoms with van der Waals surface area (Å²) in [6, 6.07) is 6.95. The number of anilines is 1. The number of nitrogens with two attached hydrogens (primary N) is 1. The number of aromatic nitrogens is 5. The lowest BCUT2D eigenvalue weighted by Crippen LogP contribution is -2.20. The van der Waals surface area contributed by atoms with Gasteiger partial charge in [-0.15, -0.1) is 0 Å². The van der Waals surface area contributed by atoms with Crippen LogP contribution >= 0.6 is 11.3 Å². The van der Waals surface area contributed by atoms with E-state index < -0.39 is 0 Å². The zero-order chi connectivity index (χ0) is 20.0. The van der Waals surface area contributed by atoms with Gasteiger partial charge in [-0.3, -0.25) is 9.36 Å². The smallest absolute Gasteiger partial charge is 0.273 e. The highest BCUT2D eigenvalue weighted by Gasteiger charge is 2.31. The van der Waals surface area contributed by atoms with Gasteiger partial charge in [-0.05, 0) is 24.1 Å². The Balaban J connectivity index is 1.32. The lowest BCUT2D eigenvalue weighted by Gasteiger charge is -2.09. The first-order valence-corrected chi connectivity index (χ1v) is 9.73. The van der Waals surface area contributed by atoms with Crippen LogP contribution in [0.1, 0.15) is 35.7 Å². The molecule has 1 fully saturated rings. The average Bonchev–Trinajstić information content (AvgIpc) is 3.44. The van der Waals surface area contributed by atoms with Gasteiger partial charge in [0.05, 0.1) is 12.7 Å². The standard InChI is InChI=1S/C18H16N6O4S/c19-18-22-16-14(29-18)17(26)24(8-20-16)6-13-21-15(23-28-13)10-5-12(27-7-10)9-1-3-11(25)4-2-9/h1-4,8,10,12,25H,5-7H2,(H2,19,22)/t10?,12-/m1/s1. The molecule has 0 bridgehead atoms. The third-order valence-electron chi connectivity index (χ3n) is 4.82. The van der Waals surface area contributed by atoms with E-state index in [1.165, 1.54) is 10.9 Å². The number of ether oxygens (including phenoxy) is 1. The SMILES string of the molecule is Nc1nc2ncn(Cc3nc(C4CO[C@@H](c5ccc(O)cc5)C4)no3)c(=O)c2s1. The minimum Gasteiger partial charge on any atom is -0.508 e. The van der Waals surface area contributed by atoms with Crippen molar-refractivity contribution < 1.29 is 14.4 Å². The maximum atomic E-state index is 12.5. The van der Waals surface area contributed by atoms with Gasteiger partial charge in [0.25, 0.3) is 5.56 Å². The van der Waals surface area contributed by atoms with Crippen LogP contribution in [0.15, 0.2) is 39.9 Å². The molecule has 0 spiro atoms. The summed E-state index contributed by atoms with van der Waals surface area (Å²) in [5, 5.41) is 13.8. The molecule has 0 saturated carbocycles. The predicted octanol–water partition coefficient (Wildman–Crippen LogP) is 1.82. The zero-order valence-corrected chi connectivity index (χ0v) is 15.9. The van der Waals surface area contributed by atoms with Gasteiger partial charge in [-0.2, -0.15) is 4.98 Å². The average molecular weight is 412 g/mol. The van der Waals surface area contributed by atoms with Gasteiger partial charge in [0, 0.05) is 5.92 Å². The van der Waals surface area contributed by atoms with Crippen molar-refractivity contribution in [2.24, 2.45) is 0 Å². The Morgan fingerprint density at radius 2 is 2.10 bits per heavy atom. The van der Waals surface area contributed by atoms with Crippen LogP contribution in [0.25, 0.3) is 10.3 Å². The highest BCUT2D eigenvalue weighted by Crippen LogP contribution is 2.37. The van der Waals surface area contributed by atoms with Gasteiger partial charge in [-0.25, -0.2) is 9.97 Å².